The van der Waals surface area contributed by atoms with Crippen LogP contribution < -0.4 is 0 Å². The number of allylic oxidation sites excluding steroid dienone is 2. The van der Waals surface area contributed by atoms with Gasteiger partial charge in [0.25, 0.3) is 0 Å². The van der Waals surface area contributed by atoms with E-state index in [1.807, 2.05) is 0 Å². The van der Waals surface area contributed by atoms with E-state index in [1.165, 1.54) is 6.92 Å². The van der Waals surface area contributed by atoms with Gasteiger partial charge in [0.05, 0.1) is 0 Å². The number of Topliss-reactive ketones (excluding diaryl/α,β-unsaturated/α-hetero) is 1. The summed E-state index contributed by atoms with van der Waals surface area (Å²) in [6, 6.07) is 0. The molecule has 1 fully saturated rings. The van der Waals surface area contributed by atoms with Crippen LogP contribution in [0.2, 0.25) is 0 Å². The third-order valence-electron chi connectivity index (χ3n) is 2.95. The summed E-state index contributed by atoms with van der Waals surface area (Å²) in [5.74, 6) is -0.828. The number of ketones is 1. The molecule has 15 heavy (non-hydrogen) atoms. The number of halogens is 4. The monoisotopic (exact) mass is 240 g/mol. The van der Waals surface area contributed by atoms with E-state index in [2.05, 4.69) is 0 Å². The molecule has 1 nitrogen and oxygen atoms in total. The van der Waals surface area contributed by atoms with E-state index in [0.717, 1.165) is 6.08 Å². The molecule has 0 spiro atoms. The van der Waals surface area contributed by atoms with E-state index in [4.69, 9.17) is 11.6 Å². The van der Waals surface area contributed by atoms with Crippen molar-refractivity contribution >= 4 is 17.4 Å². The summed E-state index contributed by atoms with van der Waals surface area (Å²) < 4.78 is 36.4. The zero-order chi connectivity index (χ0) is 12.0. The van der Waals surface area contributed by atoms with Gasteiger partial charge in [-0.3, -0.25) is 4.79 Å². The van der Waals surface area contributed by atoms with Crippen LogP contribution in [0.25, 0.3) is 0 Å². The standard InChI is InChI=1S/C10H12ClF3O/c1-5(15)8-6(9(8,2)3)4-7(11)10(12,13)14/h4,6,8H,1-3H3. The lowest BCUT2D eigenvalue weighted by Gasteiger charge is -2.04. The van der Waals surface area contributed by atoms with Gasteiger partial charge in [-0.05, 0) is 18.3 Å². The molecule has 0 aliphatic heterocycles. The van der Waals surface area contributed by atoms with Gasteiger partial charge in [0.15, 0.2) is 0 Å². The Hall–Kier alpha value is -0.510. The van der Waals surface area contributed by atoms with E-state index in [-0.39, 0.29) is 11.7 Å². The van der Waals surface area contributed by atoms with Crippen molar-refractivity contribution < 1.29 is 18.0 Å². The van der Waals surface area contributed by atoms with E-state index in [9.17, 15) is 18.0 Å². The third-order valence-corrected chi connectivity index (χ3v) is 3.29. The van der Waals surface area contributed by atoms with Crippen molar-refractivity contribution in [2.45, 2.75) is 26.9 Å². The molecule has 5 heteroatoms. The van der Waals surface area contributed by atoms with Crippen LogP contribution in [0, 0.1) is 17.3 Å². The van der Waals surface area contributed by atoms with Gasteiger partial charge in [-0.25, -0.2) is 0 Å². The van der Waals surface area contributed by atoms with Crippen molar-refractivity contribution in [2.75, 3.05) is 0 Å². The number of rotatable bonds is 2. The quantitative estimate of drug-likeness (QED) is 0.722. The van der Waals surface area contributed by atoms with Gasteiger partial charge in [0, 0.05) is 5.92 Å². The molecule has 0 bridgehead atoms. The second kappa shape index (κ2) is 3.51. The van der Waals surface area contributed by atoms with E-state index in [0.29, 0.717) is 0 Å². The highest BCUT2D eigenvalue weighted by atomic mass is 35.5. The lowest BCUT2D eigenvalue weighted by molar-refractivity contribution is -0.119. The molecule has 0 heterocycles. The summed E-state index contributed by atoms with van der Waals surface area (Å²) in [5, 5.41) is -1.13. The Bertz CT molecular complexity index is 317. The highest BCUT2D eigenvalue weighted by Gasteiger charge is 2.59. The average Bonchev–Trinajstić information content (AvgIpc) is 2.50. The van der Waals surface area contributed by atoms with E-state index in [1.54, 1.807) is 13.8 Å². The van der Waals surface area contributed by atoms with Crippen molar-refractivity contribution in [2.24, 2.45) is 17.3 Å². The highest BCUT2D eigenvalue weighted by Crippen LogP contribution is 2.60. The zero-order valence-electron chi connectivity index (χ0n) is 8.65. The average molecular weight is 241 g/mol. The number of carbonyl (C=O) groups is 1. The van der Waals surface area contributed by atoms with Crippen LogP contribution in [0.3, 0.4) is 0 Å². The molecule has 0 aromatic carbocycles. The Morgan fingerprint density at radius 1 is 1.40 bits per heavy atom. The fourth-order valence-electron chi connectivity index (χ4n) is 2.02. The fourth-order valence-corrected chi connectivity index (χ4v) is 2.15. The number of alkyl halides is 3. The van der Waals surface area contributed by atoms with E-state index >= 15 is 0 Å². The fraction of sp³-hybridized carbons (Fsp3) is 0.700. The van der Waals surface area contributed by atoms with Crippen LogP contribution >= 0.6 is 11.6 Å². The van der Waals surface area contributed by atoms with Gasteiger partial charge in [-0.15, -0.1) is 0 Å². The molecule has 86 valence electrons. The first-order valence-corrected chi connectivity index (χ1v) is 4.91. The maximum Gasteiger partial charge on any atom is 0.426 e. The van der Waals surface area contributed by atoms with Crippen LogP contribution in [-0.4, -0.2) is 12.0 Å². The lowest BCUT2D eigenvalue weighted by atomic mass is 10.1. The van der Waals surface area contributed by atoms with Crippen LogP contribution in [0.5, 0.6) is 0 Å². The topological polar surface area (TPSA) is 17.1 Å². The summed E-state index contributed by atoms with van der Waals surface area (Å²) >= 11 is 5.11. The Labute approximate surface area is 91.3 Å². The molecular formula is C10H12ClF3O. The van der Waals surface area contributed by atoms with Crippen LogP contribution in [0.1, 0.15) is 20.8 Å². The first-order chi connectivity index (χ1) is 6.58. The van der Waals surface area contributed by atoms with Gasteiger partial charge in [-0.1, -0.05) is 31.5 Å². The Morgan fingerprint density at radius 3 is 2.13 bits per heavy atom. The Kier molecular flexibility index (Phi) is 2.94. The van der Waals surface area contributed by atoms with Crippen molar-refractivity contribution in [3.63, 3.8) is 0 Å². The molecule has 1 saturated carbocycles. The summed E-state index contributed by atoms with van der Waals surface area (Å²) in [5.41, 5.74) is -0.406. The molecule has 0 saturated heterocycles. The number of hydrogen-bond acceptors (Lipinski definition) is 1. The molecule has 0 aromatic rings. The normalized spacial score (nSPS) is 30.2. The molecule has 0 amide bonds. The van der Waals surface area contributed by atoms with Crippen molar-refractivity contribution in [3.8, 4) is 0 Å². The molecule has 1 aliphatic rings. The van der Waals surface area contributed by atoms with Crippen molar-refractivity contribution in [1.29, 1.82) is 0 Å². The Balaban J connectivity index is 2.83. The van der Waals surface area contributed by atoms with Crippen molar-refractivity contribution in [1.82, 2.24) is 0 Å². The minimum Gasteiger partial charge on any atom is -0.300 e. The minimum absolute atomic E-state index is 0.0899. The number of hydrogen-bond donors (Lipinski definition) is 0. The SMILES string of the molecule is CC(=O)C1C(C=C(Cl)C(F)(F)F)C1(C)C. The van der Waals surface area contributed by atoms with Crippen LogP contribution in [0.15, 0.2) is 11.1 Å². The summed E-state index contributed by atoms with van der Waals surface area (Å²) in [4.78, 5) is 11.1. The largest absolute Gasteiger partial charge is 0.426 e. The molecule has 0 N–H and O–H groups in total. The summed E-state index contributed by atoms with van der Waals surface area (Å²) in [7, 11) is 0. The zero-order valence-corrected chi connectivity index (χ0v) is 9.41. The lowest BCUT2D eigenvalue weighted by Crippen LogP contribution is -2.07. The number of carbonyl (C=O) groups excluding carboxylic acids is 1. The van der Waals surface area contributed by atoms with Gasteiger partial charge in [-0.2, -0.15) is 13.2 Å². The van der Waals surface area contributed by atoms with Crippen LogP contribution in [-0.2, 0) is 4.79 Å². The molecule has 0 aromatic heterocycles. The predicted octanol–water partition coefficient (Wildman–Crippen LogP) is 3.53. The van der Waals surface area contributed by atoms with Crippen molar-refractivity contribution in [3.05, 3.63) is 11.1 Å². The Morgan fingerprint density at radius 2 is 1.87 bits per heavy atom. The minimum atomic E-state index is -4.51. The van der Waals surface area contributed by atoms with E-state index < -0.39 is 22.5 Å². The second-order valence-electron chi connectivity index (χ2n) is 4.45. The second-order valence-corrected chi connectivity index (χ2v) is 4.86. The van der Waals surface area contributed by atoms with Gasteiger partial charge >= 0.3 is 6.18 Å². The van der Waals surface area contributed by atoms with Crippen LogP contribution in [0.4, 0.5) is 13.2 Å². The maximum atomic E-state index is 12.1. The predicted molar refractivity (Wildman–Crippen MR) is 51.4 cm³/mol. The highest BCUT2D eigenvalue weighted by molar-refractivity contribution is 6.30. The molecule has 2 atom stereocenters. The molecular weight excluding hydrogens is 229 g/mol. The van der Waals surface area contributed by atoms with Gasteiger partial charge in [0.2, 0.25) is 0 Å². The van der Waals surface area contributed by atoms with Gasteiger partial charge < -0.3 is 0 Å². The molecule has 1 rings (SSSR count). The first-order valence-electron chi connectivity index (χ1n) is 4.53. The third kappa shape index (κ3) is 2.36. The first kappa shape index (κ1) is 12.6. The molecule has 1 aliphatic carbocycles. The smallest absolute Gasteiger partial charge is 0.300 e. The molecule has 2 unspecified atom stereocenters. The summed E-state index contributed by atoms with van der Waals surface area (Å²) in [6.07, 6.45) is -3.56. The molecule has 0 radical (unpaired) electrons. The summed E-state index contributed by atoms with van der Waals surface area (Å²) in [6.45, 7) is 4.92. The van der Waals surface area contributed by atoms with Gasteiger partial charge in [0.1, 0.15) is 10.8 Å². The maximum absolute atomic E-state index is 12.1.